The maximum atomic E-state index is 10.7. The van der Waals surface area contributed by atoms with Crippen molar-refractivity contribution < 1.29 is 9.90 Å². The van der Waals surface area contributed by atoms with Gasteiger partial charge in [-0.2, -0.15) is 0 Å². The molecule has 1 N–H and O–H groups in total. The topological polar surface area (TPSA) is 40.5 Å². The minimum absolute atomic E-state index is 0.211. The van der Waals surface area contributed by atoms with Gasteiger partial charge in [-0.1, -0.05) is 13.8 Å². The summed E-state index contributed by atoms with van der Waals surface area (Å²) in [7, 11) is 0. The molecule has 0 heterocycles. The van der Waals surface area contributed by atoms with E-state index < -0.39 is 5.97 Å². The van der Waals surface area contributed by atoms with E-state index in [-0.39, 0.29) is 6.54 Å². The lowest BCUT2D eigenvalue weighted by Crippen LogP contribution is -2.40. The first-order valence-corrected chi connectivity index (χ1v) is 5.64. The van der Waals surface area contributed by atoms with Gasteiger partial charge in [0.15, 0.2) is 0 Å². The van der Waals surface area contributed by atoms with Gasteiger partial charge in [0.1, 0.15) is 0 Å². The van der Waals surface area contributed by atoms with Crippen LogP contribution in [0, 0.1) is 5.92 Å². The van der Waals surface area contributed by atoms with Gasteiger partial charge in [0.05, 0.1) is 6.54 Å². The van der Waals surface area contributed by atoms with Crippen molar-refractivity contribution in [3.8, 4) is 0 Å². The number of hydrogen-bond acceptors (Lipinski definition) is 2. The van der Waals surface area contributed by atoms with Crippen LogP contribution in [-0.4, -0.2) is 35.1 Å². The van der Waals surface area contributed by atoms with Crippen molar-refractivity contribution in [2.45, 2.75) is 45.6 Å². The molecule has 1 unspecified atom stereocenters. The Morgan fingerprint density at radius 3 is 2.50 bits per heavy atom. The van der Waals surface area contributed by atoms with Crippen LogP contribution in [0.2, 0.25) is 0 Å². The van der Waals surface area contributed by atoms with Crippen LogP contribution in [-0.2, 0) is 4.79 Å². The number of hydrogen-bond donors (Lipinski definition) is 1. The average Bonchev–Trinajstić information content (AvgIpc) is 2.89. The molecule has 0 saturated heterocycles. The number of carboxylic acid groups (broad SMARTS) is 1. The van der Waals surface area contributed by atoms with Crippen molar-refractivity contribution in [3.63, 3.8) is 0 Å². The van der Waals surface area contributed by atoms with Gasteiger partial charge in [-0.25, -0.2) is 0 Å². The molecule has 0 aliphatic heterocycles. The number of aliphatic carboxylic acids is 1. The standard InChI is InChI=1S/C11H21NO2/c1-3-7-12(8-11(13)14)10(4-2)9-5-6-9/h9-10H,3-8H2,1-2H3,(H,13,14). The lowest BCUT2D eigenvalue weighted by molar-refractivity contribution is -0.139. The van der Waals surface area contributed by atoms with Crippen LogP contribution in [0.5, 0.6) is 0 Å². The molecule has 0 amide bonds. The second-order valence-electron chi connectivity index (χ2n) is 4.18. The van der Waals surface area contributed by atoms with Crippen LogP contribution < -0.4 is 0 Å². The van der Waals surface area contributed by atoms with E-state index in [1.807, 2.05) is 0 Å². The Hall–Kier alpha value is -0.570. The summed E-state index contributed by atoms with van der Waals surface area (Å²) >= 11 is 0. The summed E-state index contributed by atoms with van der Waals surface area (Å²) in [4.78, 5) is 12.8. The third kappa shape index (κ3) is 3.29. The van der Waals surface area contributed by atoms with Crippen LogP contribution in [0.15, 0.2) is 0 Å². The van der Waals surface area contributed by atoms with Crippen LogP contribution in [0.3, 0.4) is 0 Å². The van der Waals surface area contributed by atoms with Crippen molar-refractivity contribution in [1.82, 2.24) is 4.90 Å². The third-order valence-electron chi connectivity index (χ3n) is 2.90. The molecular formula is C11H21NO2. The summed E-state index contributed by atoms with van der Waals surface area (Å²) in [6.45, 7) is 5.39. The van der Waals surface area contributed by atoms with E-state index >= 15 is 0 Å². The first-order chi connectivity index (χ1) is 6.69. The van der Waals surface area contributed by atoms with E-state index in [1.54, 1.807) is 0 Å². The van der Waals surface area contributed by atoms with Crippen molar-refractivity contribution in [3.05, 3.63) is 0 Å². The molecule has 0 spiro atoms. The third-order valence-corrected chi connectivity index (χ3v) is 2.90. The molecule has 0 bridgehead atoms. The molecule has 3 nitrogen and oxygen atoms in total. The predicted octanol–water partition coefficient (Wildman–Crippen LogP) is 1.97. The van der Waals surface area contributed by atoms with Gasteiger partial charge in [0, 0.05) is 6.04 Å². The molecule has 1 saturated carbocycles. The van der Waals surface area contributed by atoms with Crippen LogP contribution in [0.25, 0.3) is 0 Å². The summed E-state index contributed by atoms with van der Waals surface area (Å²) in [5.74, 6) is 0.0726. The largest absolute Gasteiger partial charge is 0.480 e. The van der Waals surface area contributed by atoms with Gasteiger partial charge in [0.25, 0.3) is 0 Å². The highest BCUT2D eigenvalue weighted by atomic mass is 16.4. The molecule has 1 rings (SSSR count). The quantitative estimate of drug-likeness (QED) is 0.681. The van der Waals surface area contributed by atoms with Gasteiger partial charge in [-0.3, -0.25) is 9.69 Å². The molecule has 14 heavy (non-hydrogen) atoms. The van der Waals surface area contributed by atoms with Crippen LogP contribution in [0.1, 0.15) is 39.5 Å². The smallest absolute Gasteiger partial charge is 0.317 e. The Bertz CT molecular complexity index is 190. The minimum atomic E-state index is -0.697. The predicted molar refractivity (Wildman–Crippen MR) is 56.3 cm³/mol. The van der Waals surface area contributed by atoms with Crippen molar-refractivity contribution in [2.75, 3.05) is 13.1 Å². The summed E-state index contributed by atoms with van der Waals surface area (Å²) in [5.41, 5.74) is 0. The van der Waals surface area contributed by atoms with Gasteiger partial charge in [-0.05, 0) is 38.1 Å². The normalized spacial score (nSPS) is 18.5. The molecule has 82 valence electrons. The van der Waals surface area contributed by atoms with E-state index in [9.17, 15) is 4.79 Å². The molecule has 0 aromatic heterocycles. The Morgan fingerprint density at radius 2 is 2.14 bits per heavy atom. The number of rotatable bonds is 7. The SMILES string of the molecule is CCCN(CC(=O)O)C(CC)C1CC1. The fourth-order valence-electron chi connectivity index (χ4n) is 2.19. The fraction of sp³-hybridized carbons (Fsp3) is 0.909. The van der Waals surface area contributed by atoms with Crippen LogP contribution >= 0.6 is 0 Å². The van der Waals surface area contributed by atoms with Gasteiger partial charge in [-0.15, -0.1) is 0 Å². The first-order valence-electron chi connectivity index (χ1n) is 5.64. The summed E-state index contributed by atoms with van der Waals surface area (Å²) < 4.78 is 0. The molecule has 3 heteroatoms. The molecule has 1 fully saturated rings. The lowest BCUT2D eigenvalue weighted by atomic mass is 10.1. The summed E-state index contributed by atoms with van der Waals surface area (Å²) in [6, 6.07) is 0.506. The summed E-state index contributed by atoms with van der Waals surface area (Å²) in [5, 5.41) is 8.82. The number of carboxylic acids is 1. The zero-order valence-corrected chi connectivity index (χ0v) is 9.20. The van der Waals surface area contributed by atoms with E-state index in [1.165, 1.54) is 12.8 Å². The van der Waals surface area contributed by atoms with Gasteiger partial charge >= 0.3 is 5.97 Å². The number of carbonyl (C=O) groups is 1. The Balaban J connectivity index is 2.48. The highest BCUT2D eigenvalue weighted by Gasteiger charge is 2.34. The van der Waals surface area contributed by atoms with Crippen molar-refractivity contribution >= 4 is 5.97 Å². The summed E-state index contributed by atoms with van der Waals surface area (Å²) in [6.07, 6.45) is 4.70. The average molecular weight is 199 g/mol. The molecule has 0 radical (unpaired) electrons. The van der Waals surface area contributed by atoms with E-state index in [2.05, 4.69) is 18.7 Å². The van der Waals surface area contributed by atoms with E-state index in [4.69, 9.17) is 5.11 Å². The molecule has 0 aromatic carbocycles. The highest BCUT2D eigenvalue weighted by molar-refractivity contribution is 5.69. The maximum absolute atomic E-state index is 10.7. The Labute approximate surface area is 86.1 Å². The molecule has 1 aliphatic carbocycles. The van der Waals surface area contributed by atoms with Crippen molar-refractivity contribution in [2.24, 2.45) is 5.92 Å². The molecule has 1 aliphatic rings. The Kier molecular flexibility index (Phi) is 4.39. The zero-order chi connectivity index (χ0) is 10.6. The van der Waals surface area contributed by atoms with Gasteiger partial charge < -0.3 is 5.11 Å². The number of nitrogens with zero attached hydrogens (tertiary/aromatic N) is 1. The first kappa shape index (κ1) is 11.5. The highest BCUT2D eigenvalue weighted by Crippen LogP contribution is 2.36. The van der Waals surface area contributed by atoms with E-state index in [0.29, 0.717) is 6.04 Å². The van der Waals surface area contributed by atoms with Crippen LogP contribution in [0.4, 0.5) is 0 Å². The zero-order valence-electron chi connectivity index (χ0n) is 9.20. The lowest BCUT2D eigenvalue weighted by Gasteiger charge is -2.29. The fourth-order valence-corrected chi connectivity index (χ4v) is 2.19. The molecular weight excluding hydrogens is 178 g/mol. The van der Waals surface area contributed by atoms with E-state index in [0.717, 1.165) is 25.3 Å². The van der Waals surface area contributed by atoms with Gasteiger partial charge in [0.2, 0.25) is 0 Å². The minimum Gasteiger partial charge on any atom is -0.480 e. The maximum Gasteiger partial charge on any atom is 0.317 e. The molecule has 0 aromatic rings. The monoisotopic (exact) mass is 199 g/mol. The Morgan fingerprint density at radius 1 is 1.50 bits per heavy atom. The second-order valence-corrected chi connectivity index (χ2v) is 4.18. The van der Waals surface area contributed by atoms with Crippen molar-refractivity contribution in [1.29, 1.82) is 0 Å². The second kappa shape index (κ2) is 5.35. The molecule has 1 atom stereocenters.